The number of fused-ring (bicyclic) bond motifs is 2. The van der Waals surface area contributed by atoms with Crippen LogP contribution < -0.4 is 0 Å². The summed E-state index contributed by atoms with van der Waals surface area (Å²) in [6, 6.07) is 23.7. The Bertz CT molecular complexity index is 1310. The van der Waals surface area contributed by atoms with Crippen molar-refractivity contribution in [2.45, 2.75) is 5.92 Å². The first-order valence-electron chi connectivity index (χ1n) is 9.87. The van der Waals surface area contributed by atoms with Crippen LogP contribution in [0.25, 0.3) is 21.8 Å². The third-order valence-electron chi connectivity index (χ3n) is 5.91. The van der Waals surface area contributed by atoms with E-state index in [2.05, 4.69) is 72.0 Å². The molecule has 148 valence electrons. The molecule has 0 radical (unpaired) electrons. The lowest BCUT2D eigenvalue weighted by Crippen LogP contribution is -2.03. The van der Waals surface area contributed by atoms with Crippen LogP contribution >= 0.6 is 0 Å². The molecular weight excluding hydrogens is 374 g/mol. The predicted octanol–water partition coefficient (Wildman–Crippen LogP) is 5.76. The van der Waals surface area contributed by atoms with Gasteiger partial charge in [-0.1, -0.05) is 48.5 Å². The number of aryl methyl sites for hydroxylation is 2. The molecule has 0 aliphatic rings. The minimum absolute atomic E-state index is 0.0389. The van der Waals surface area contributed by atoms with Crippen molar-refractivity contribution in [1.82, 2.24) is 9.13 Å². The number of non-ortho nitro benzene ring substituents is 1. The van der Waals surface area contributed by atoms with Gasteiger partial charge in [-0.25, -0.2) is 0 Å². The van der Waals surface area contributed by atoms with Crippen LogP contribution in [0.5, 0.6) is 0 Å². The Hall–Kier alpha value is -3.86. The molecule has 0 aliphatic heterocycles. The van der Waals surface area contributed by atoms with Crippen LogP contribution in [0.3, 0.4) is 0 Å². The maximum Gasteiger partial charge on any atom is 0.269 e. The third-order valence-corrected chi connectivity index (χ3v) is 5.91. The van der Waals surface area contributed by atoms with Gasteiger partial charge in [-0.15, -0.1) is 0 Å². The van der Waals surface area contributed by atoms with Gasteiger partial charge in [0, 0.05) is 66.3 Å². The quantitative estimate of drug-likeness (QED) is 0.287. The van der Waals surface area contributed by atoms with Gasteiger partial charge in [0.05, 0.1) is 4.92 Å². The monoisotopic (exact) mass is 395 g/mol. The number of hydrogen-bond acceptors (Lipinski definition) is 2. The average Bonchev–Trinajstić information content (AvgIpc) is 3.27. The zero-order valence-electron chi connectivity index (χ0n) is 16.8. The lowest BCUT2D eigenvalue weighted by molar-refractivity contribution is -0.384. The van der Waals surface area contributed by atoms with E-state index in [4.69, 9.17) is 0 Å². The smallest absolute Gasteiger partial charge is 0.269 e. The molecule has 0 bridgehead atoms. The minimum Gasteiger partial charge on any atom is -0.350 e. The lowest BCUT2D eigenvalue weighted by atomic mass is 9.84. The van der Waals surface area contributed by atoms with Crippen LogP contribution in [-0.4, -0.2) is 14.1 Å². The standard InChI is InChI=1S/C25H21N3O2/c1-26-15-21(19-7-3-5-9-23(19)26)25(17-11-13-18(14-12-17)28(29)30)22-16-27(2)24-10-6-4-8-20(22)24/h3-16,25H,1-2H3. The van der Waals surface area contributed by atoms with Crippen molar-refractivity contribution in [3.8, 4) is 0 Å². The van der Waals surface area contributed by atoms with E-state index in [9.17, 15) is 10.1 Å². The minimum atomic E-state index is -0.353. The summed E-state index contributed by atoms with van der Waals surface area (Å²) in [5, 5.41) is 13.6. The zero-order valence-corrected chi connectivity index (χ0v) is 16.8. The summed E-state index contributed by atoms with van der Waals surface area (Å²) in [7, 11) is 4.11. The second-order valence-electron chi connectivity index (χ2n) is 7.71. The normalized spacial score (nSPS) is 11.6. The number of para-hydroxylation sites is 2. The van der Waals surface area contributed by atoms with Crippen molar-refractivity contribution < 1.29 is 4.92 Å². The highest BCUT2D eigenvalue weighted by Gasteiger charge is 2.25. The summed E-state index contributed by atoms with van der Waals surface area (Å²) >= 11 is 0. The summed E-state index contributed by atoms with van der Waals surface area (Å²) < 4.78 is 4.29. The van der Waals surface area contributed by atoms with Gasteiger partial charge in [0.25, 0.3) is 5.69 Å². The number of nitro benzene ring substituents is 1. The summed E-state index contributed by atoms with van der Waals surface area (Å²) in [6.45, 7) is 0. The average molecular weight is 395 g/mol. The molecule has 5 nitrogen and oxygen atoms in total. The fourth-order valence-electron chi connectivity index (χ4n) is 4.52. The molecule has 5 heteroatoms. The van der Waals surface area contributed by atoms with Crippen molar-refractivity contribution in [1.29, 1.82) is 0 Å². The van der Waals surface area contributed by atoms with Crippen molar-refractivity contribution >= 4 is 27.5 Å². The van der Waals surface area contributed by atoms with Gasteiger partial charge < -0.3 is 9.13 Å². The Morgan fingerprint density at radius 3 is 1.67 bits per heavy atom. The third kappa shape index (κ3) is 2.78. The molecule has 0 saturated carbocycles. The predicted molar refractivity (Wildman–Crippen MR) is 120 cm³/mol. The molecule has 0 atom stereocenters. The number of rotatable bonds is 4. The van der Waals surface area contributed by atoms with Gasteiger partial charge in [-0.2, -0.15) is 0 Å². The molecule has 0 unspecified atom stereocenters. The fraction of sp³-hybridized carbons (Fsp3) is 0.120. The van der Waals surface area contributed by atoms with Crippen LogP contribution in [0.15, 0.2) is 85.2 Å². The molecule has 0 N–H and O–H groups in total. The van der Waals surface area contributed by atoms with Crippen LogP contribution in [0.4, 0.5) is 5.69 Å². The fourth-order valence-corrected chi connectivity index (χ4v) is 4.52. The maximum absolute atomic E-state index is 11.2. The topological polar surface area (TPSA) is 53.0 Å². The van der Waals surface area contributed by atoms with Gasteiger partial charge in [0.2, 0.25) is 0 Å². The number of benzene rings is 3. The molecule has 30 heavy (non-hydrogen) atoms. The summed E-state index contributed by atoms with van der Waals surface area (Å²) in [4.78, 5) is 10.8. The highest BCUT2D eigenvalue weighted by atomic mass is 16.6. The molecule has 0 saturated heterocycles. The molecule has 5 rings (SSSR count). The van der Waals surface area contributed by atoms with E-state index in [1.165, 1.54) is 32.9 Å². The van der Waals surface area contributed by atoms with E-state index in [0.717, 1.165) is 5.56 Å². The second kappa shape index (κ2) is 6.88. The molecule has 0 fully saturated rings. The highest BCUT2D eigenvalue weighted by molar-refractivity contribution is 5.89. The van der Waals surface area contributed by atoms with Crippen molar-refractivity contribution in [2.24, 2.45) is 14.1 Å². The van der Waals surface area contributed by atoms with E-state index in [1.807, 2.05) is 24.3 Å². The molecule has 2 heterocycles. The lowest BCUT2D eigenvalue weighted by Gasteiger charge is -2.17. The molecule has 5 aromatic rings. The Kier molecular flexibility index (Phi) is 4.17. The van der Waals surface area contributed by atoms with Gasteiger partial charge in [-0.3, -0.25) is 10.1 Å². The first-order valence-corrected chi connectivity index (χ1v) is 9.87. The molecular formula is C25H21N3O2. The Balaban J connectivity index is 1.81. The van der Waals surface area contributed by atoms with E-state index in [1.54, 1.807) is 12.1 Å². The Morgan fingerprint density at radius 1 is 0.733 bits per heavy atom. The molecule has 0 spiro atoms. The largest absolute Gasteiger partial charge is 0.350 e. The molecule has 3 aromatic carbocycles. The van der Waals surface area contributed by atoms with Crippen LogP contribution in [0.1, 0.15) is 22.6 Å². The SMILES string of the molecule is Cn1cc(C(c2ccc([N+](=O)[O-])cc2)c2cn(C)c3ccccc23)c2ccccc21. The van der Waals surface area contributed by atoms with E-state index in [0.29, 0.717) is 0 Å². The highest BCUT2D eigenvalue weighted by Crippen LogP contribution is 2.40. The first-order chi connectivity index (χ1) is 14.5. The van der Waals surface area contributed by atoms with Gasteiger partial charge in [0.1, 0.15) is 0 Å². The van der Waals surface area contributed by atoms with Gasteiger partial charge >= 0.3 is 0 Å². The number of hydrogen-bond donors (Lipinski definition) is 0. The molecule has 0 aliphatic carbocycles. The second-order valence-corrected chi connectivity index (χ2v) is 7.71. The van der Waals surface area contributed by atoms with Crippen LogP contribution in [-0.2, 0) is 14.1 Å². The summed E-state index contributed by atoms with van der Waals surface area (Å²) in [5.41, 5.74) is 5.86. The number of nitrogens with zero attached hydrogens (tertiary/aromatic N) is 3. The van der Waals surface area contributed by atoms with Crippen molar-refractivity contribution in [3.63, 3.8) is 0 Å². The number of aromatic nitrogens is 2. The molecule has 0 amide bonds. The van der Waals surface area contributed by atoms with Crippen molar-refractivity contribution in [3.05, 3.63) is 112 Å². The molecule has 2 aromatic heterocycles. The Labute approximate surface area is 173 Å². The number of nitro groups is 1. The van der Waals surface area contributed by atoms with Crippen LogP contribution in [0.2, 0.25) is 0 Å². The first kappa shape index (κ1) is 18.2. The van der Waals surface area contributed by atoms with E-state index < -0.39 is 0 Å². The van der Waals surface area contributed by atoms with E-state index >= 15 is 0 Å². The summed E-state index contributed by atoms with van der Waals surface area (Å²) in [6.07, 6.45) is 4.36. The zero-order chi connectivity index (χ0) is 20.8. The maximum atomic E-state index is 11.2. The van der Waals surface area contributed by atoms with Gasteiger partial charge in [-0.05, 0) is 28.8 Å². The van der Waals surface area contributed by atoms with Gasteiger partial charge in [0.15, 0.2) is 0 Å². The van der Waals surface area contributed by atoms with Crippen molar-refractivity contribution in [2.75, 3.05) is 0 Å². The Morgan fingerprint density at radius 2 is 1.20 bits per heavy atom. The van der Waals surface area contributed by atoms with E-state index in [-0.39, 0.29) is 16.5 Å². The van der Waals surface area contributed by atoms with Crippen LogP contribution in [0, 0.1) is 10.1 Å². The summed E-state index contributed by atoms with van der Waals surface area (Å²) in [5.74, 6) is -0.0389.